The van der Waals surface area contributed by atoms with Gasteiger partial charge in [0.25, 0.3) is 0 Å². The maximum atomic E-state index is 10.7. The first-order valence-electron chi connectivity index (χ1n) is 5.58. The standard InChI is InChI=1S/C12H17BrN2O4/c1-18-10-4-7(3-8(13)11(10)19-2)5-15-6-9(16)12(14)17/h3-4,9,15-16H,5-6H2,1-2H3,(H2,14,17). The largest absolute Gasteiger partial charge is 0.493 e. The molecule has 0 spiro atoms. The summed E-state index contributed by atoms with van der Waals surface area (Å²) in [5, 5.41) is 12.2. The lowest BCUT2D eigenvalue weighted by Gasteiger charge is -2.13. The molecule has 0 aliphatic carbocycles. The van der Waals surface area contributed by atoms with Gasteiger partial charge >= 0.3 is 0 Å². The van der Waals surface area contributed by atoms with Crippen LogP contribution in [-0.2, 0) is 11.3 Å². The maximum absolute atomic E-state index is 10.7. The fourth-order valence-electron chi connectivity index (χ4n) is 1.53. The van der Waals surface area contributed by atoms with E-state index in [1.54, 1.807) is 14.2 Å². The molecule has 0 saturated heterocycles. The van der Waals surface area contributed by atoms with E-state index in [1.807, 2.05) is 12.1 Å². The Balaban J connectivity index is 2.69. The van der Waals surface area contributed by atoms with Crippen molar-refractivity contribution in [3.8, 4) is 11.5 Å². The molecule has 0 aliphatic heterocycles. The molecule has 1 aromatic rings. The van der Waals surface area contributed by atoms with Crippen molar-refractivity contribution in [3.63, 3.8) is 0 Å². The van der Waals surface area contributed by atoms with Crippen molar-refractivity contribution < 1.29 is 19.4 Å². The van der Waals surface area contributed by atoms with Gasteiger partial charge in [0, 0.05) is 13.1 Å². The second kappa shape index (κ2) is 7.32. The summed E-state index contributed by atoms with van der Waals surface area (Å²) in [6.45, 7) is 0.560. The van der Waals surface area contributed by atoms with Crippen LogP contribution in [0.4, 0.5) is 0 Å². The Morgan fingerprint density at radius 3 is 2.68 bits per heavy atom. The summed E-state index contributed by atoms with van der Waals surface area (Å²) < 4.78 is 11.2. The van der Waals surface area contributed by atoms with Gasteiger partial charge in [0.1, 0.15) is 6.10 Å². The number of nitrogens with one attached hydrogen (secondary N) is 1. The molecule has 1 rings (SSSR count). The molecule has 0 bridgehead atoms. The summed E-state index contributed by atoms with van der Waals surface area (Å²) in [6, 6.07) is 3.68. The van der Waals surface area contributed by atoms with Gasteiger partial charge in [-0.25, -0.2) is 0 Å². The number of carbonyl (C=O) groups excluding carboxylic acids is 1. The van der Waals surface area contributed by atoms with Gasteiger partial charge in [-0.15, -0.1) is 0 Å². The van der Waals surface area contributed by atoms with E-state index in [4.69, 9.17) is 15.2 Å². The number of aliphatic hydroxyl groups is 1. The van der Waals surface area contributed by atoms with Gasteiger partial charge in [-0.3, -0.25) is 4.79 Å². The maximum Gasteiger partial charge on any atom is 0.247 e. The van der Waals surface area contributed by atoms with E-state index >= 15 is 0 Å². The Morgan fingerprint density at radius 1 is 1.47 bits per heavy atom. The van der Waals surface area contributed by atoms with E-state index in [0.29, 0.717) is 18.0 Å². The van der Waals surface area contributed by atoms with E-state index < -0.39 is 12.0 Å². The predicted molar refractivity (Wildman–Crippen MR) is 74.2 cm³/mol. The molecule has 0 fully saturated rings. The minimum absolute atomic E-state index is 0.0985. The molecule has 1 unspecified atom stereocenters. The van der Waals surface area contributed by atoms with E-state index in [0.717, 1.165) is 10.0 Å². The van der Waals surface area contributed by atoms with Crippen LogP contribution in [0.1, 0.15) is 5.56 Å². The van der Waals surface area contributed by atoms with Gasteiger partial charge < -0.3 is 25.6 Å². The third-order valence-corrected chi connectivity index (χ3v) is 3.08. The summed E-state index contributed by atoms with van der Waals surface area (Å²) in [6.07, 6.45) is -1.19. The number of nitrogens with two attached hydrogens (primary N) is 1. The highest BCUT2D eigenvalue weighted by Gasteiger charge is 2.12. The minimum Gasteiger partial charge on any atom is -0.493 e. The Hall–Kier alpha value is -1.31. The first-order chi connectivity index (χ1) is 8.99. The Labute approximate surface area is 120 Å². The van der Waals surface area contributed by atoms with Gasteiger partial charge in [0.15, 0.2) is 11.5 Å². The normalized spacial score (nSPS) is 12.0. The van der Waals surface area contributed by atoms with Crippen LogP contribution in [0, 0.1) is 0 Å². The van der Waals surface area contributed by atoms with Crippen molar-refractivity contribution in [1.82, 2.24) is 5.32 Å². The lowest BCUT2D eigenvalue weighted by Crippen LogP contribution is -2.37. The SMILES string of the molecule is COc1cc(CNCC(O)C(N)=O)cc(Br)c1OC. The first kappa shape index (κ1) is 15.7. The number of aliphatic hydroxyl groups excluding tert-OH is 1. The third kappa shape index (κ3) is 4.38. The molecule has 0 saturated carbocycles. The second-order valence-corrected chi connectivity index (χ2v) is 4.72. The summed E-state index contributed by atoms with van der Waals surface area (Å²) in [4.78, 5) is 10.7. The van der Waals surface area contributed by atoms with Crippen LogP contribution in [0.25, 0.3) is 0 Å². The first-order valence-corrected chi connectivity index (χ1v) is 6.37. The van der Waals surface area contributed by atoms with Gasteiger partial charge in [-0.2, -0.15) is 0 Å². The average molecular weight is 333 g/mol. The topological polar surface area (TPSA) is 93.8 Å². The second-order valence-electron chi connectivity index (χ2n) is 3.86. The predicted octanol–water partition coefficient (Wildman–Crippen LogP) is 0.402. The number of hydrogen-bond donors (Lipinski definition) is 3. The average Bonchev–Trinajstić information content (AvgIpc) is 2.37. The number of primary amides is 1. The fourth-order valence-corrected chi connectivity index (χ4v) is 2.18. The lowest BCUT2D eigenvalue weighted by molar-refractivity contribution is -0.125. The molecular weight excluding hydrogens is 316 g/mol. The lowest BCUT2D eigenvalue weighted by atomic mass is 10.2. The van der Waals surface area contributed by atoms with Gasteiger partial charge in [-0.05, 0) is 33.6 Å². The Kier molecular flexibility index (Phi) is 6.07. The molecule has 1 atom stereocenters. The molecule has 0 aliphatic rings. The summed E-state index contributed by atoms with van der Waals surface area (Å²) >= 11 is 3.39. The highest BCUT2D eigenvalue weighted by atomic mass is 79.9. The van der Waals surface area contributed by atoms with Crippen molar-refractivity contribution in [1.29, 1.82) is 0 Å². The molecule has 0 heterocycles. The Morgan fingerprint density at radius 2 is 2.16 bits per heavy atom. The van der Waals surface area contributed by atoms with Crippen LogP contribution in [0.3, 0.4) is 0 Å². The number of carbonyl (C=O) groups is 1. The number of hydrogen-bond acceptors (Lipinski definition) is 5. The van der Waals surface area contributed by atoms with Crippen molar-refractivity contribution in [2.75, 3.05) is 20.8 Å². The quantitative estimate of drug-likeness (QED) is 0.672. The van der Waals surface area contributed by atoms with Crippen molar-refractivity contribution in [2.45, 2.75) is 12.6 Å². The molecule has 1 aromatic carbocycles. The Bertz CT molecular complexity index is 454. The molecule has 4 N–H and O–H groups in total. The highest BCUT2D eigenvalue weighted by molar-refractivity contribution is 9.10. The number of amides is 1. The number of ether oxygens (including phenoxy) is 2. The monoisotopic (exact) mass is 332 g/mol. The molecule has 6 nitrogen and oxygen atoms in total. The number of methoxy groups -OCH3 is 2. The zero-order chi connectivity index (χ0) is 14.4. The number of rotatable bonds is 7. The third-order valence-electron chi connectivity index (χ3n) is 2.49. The van der Waals surface area contributed by atoms with Crippen molar-refractivity contribution in [2.24, 2.45) is 5.73 Å². The van der Waals surface area contributed by atoms with Crippen LogP contribution in [0.2, 0.25) is 0 Å². The van der Waals surface area contributed by atoms with E-state index in [-0.39, 0.29) is 6.54 Å². The van der Waals surface area contributed by atoms with E-state index in [9.17, 15) is 9.90 Å². The van der Waals surface area contributed by atoms with E-state index in [2.05, 4.69) is 21.2 Å². The molecule has 0 aromatic heterocycles. The number of halogens is 1. The van der Waals surface area contributed by atoms with Crippen molar-refractivity contribution in [3.05, 3.63) is 22.2 Å². The minimum atomic E-state index is -1.19. The highest BCUT2D eigenvalue weighted by Crippen LogP contribution is 2.36. The van der Waals surface area contributed by atoms with Crippen LogP contribution in [0.5, 0.6) is 11.5 Å². The molecule has 0 radical (unpaired) electrons. The van der Waals surface area contributed by atoms with Gasteiger partial charge in [0.05, 0.1) is 18.7 Å². The van der Waals surface area contributed by atoms with Crippen LogP contribution < -0.4 is 20.5 Å². The smallest absolute Gasteiger partial charge is 0.247 e. The number of benzene rings is 1. The molecule has 7 heteroatoms. The summed E-state index contributed by atoms with van der Waals surface area (Å²) in [7, 11) is 3.11. The molecular formula is C12H17BrN2O4. The van der Waals surface area contributed by atoms with Gasteiger partial charge in [-0.1, -0.05) is 0 Å². The van der Waals surface area contributed by atoms with E-state index in [1.165, 1.54) is 0 Å². The molecule has 19 heavy (non-hydrogen) atoms. The van der Waals surface area contributed by atoms with Crippen molar-refractivity contribution >= 4 is 21.8 Å². The fraction of sp³-hybridized carbons (Fsp3) is 0.417. The van der Waals surface area contributed by atoms with Crippen LogP contribution in [-0.4, -0.2) is 37.9 Å². The molecule has 1 amide bonds. The van der Waals surface area contributed by atoms with Gasteiger partial charge in [0.2, 0.25) is 5.91 Å². The summed E-state index contributed by atoms with van der Waals surface area (Å²) in [5.74, 6) is 0.466. The zero-order valence-corrected chi connectivity index (χ0v) is 12.4. The van der Waals surface area contributed by atoms with Crippen LogP contribution >= 0.6 is 15.9 Å². The molecule has 106 valence electrons. The summed E-state index contributed by atoms with van der Waals surface area (Å²) in [5.41, 5.74) is 5.87. The van der Waals surface area contributed by atoms with Crippen LogP contribution in [0.15, 0.2) is 16.6 Å². The zero-order valence-electron chi connectivity index (χ0n) is 10.8.